The van der Waals surface area contributed by atoms with Gasteiger partial charge in [-0.15, -0.1) is 0 Å². The molecule has 20 heavy (non-hydrogen) atoms. The Balaban J connectivity index is 1.73. The zero-order chi connectivity index (χ0) is 14.2. The maximum atomic E-state index is 12.6. The van der Waals surface area contributed by atoms with Crippen LogP contribution < -0.4 is 5.73 Å². The number of nitrogens with two attached hydrogens (primary N) is 1. The molecule has 1 unspecified atom stereocenters. The summed E-state index contributed by atoms with van der Waals surface area (Å²) < 4.78 is 0. The number of rotatable bonds is 2. The highest BCUT2D eigenvalue weighted by atomic mass is 16.2. The van der Waals surface area contributed by atoms with Crippen molar-refractivity contribution in [2.45, 2.75) is 39.2 Å². The number of likely N-dealkylation sites (tertiary alicyclic amines) is 1. The number of carbonyl (C=O) groups excluding carboxylic acids is 1. The highest BCUT2D eigenvalue weighted by molar-refractivity contribution is 5.94. The number of hydrogen-bond donors (Lipinski definition) is 1. The lowest BCUT2D eigenvalue weighted by atomic mass is 9.59. The van der Waals surface area contributed by atoms with Crippen LogP contribution in [0.5, 0.6) is 0 Å². The first-order valence-electron chi connectivity index (χ1n) is 7.73. The Labute approximate surface area is 121 Å². The number of amides is 1. The van der Waals surface area contributed by atoms with E-state index in [-0.39, 0.29) is 5.91 Å². The topological polar surface area (TPSA) is 46.3 Å². The lowest BCUT2D eigenvalue weighted by molar-refractivity contribution is -0.0208. The molecule has 108 valence electrons. The van der Waals surface area contributed by atoms with Crippen LogP contribution in [0.15, 0.2) is 24.3 Å². The highest BCUT2D eigenvalue weighted by Crippen LogP contribution is 2.51. The molecule has 1 heterocycles. The van der Waals surface area contributed by atoms with E-state index in [0.717, 1.165) is 36.6 Å². The van der Waals surface area contributed by atoms with E-state index in [4.69, 9.17) is 5.73 Å². The van der Waals surface area contributed by atoms with E-state index in [0.29, 0.717) is 12.0 Å². The molecule has 1 saturated heterocycles. The molecule has 1 aromatic rings. The number of piperidine rings is 1. The summed E-state index contributed by atoms with van der Waals surface area (Å²) in [5.74, 6) is 0.951. The van der Waals surface area contributed by atoms with Gasteiger partial charge in [-0.3, -0.25) is 4.79 Å². The van der Waals surface area contributed by atoms with E-state index in [2.05, 4.69) is 11.8 Å². The molecule has 1 aliphatic heterocycles. The Hall–Kier alpha value is -1.35. The molecule has 1 aliphatic carbocycles. The van der Waals surface area contributed by atoms with Gasteiger partial charge >= 0.3 is 0 Å². The predicted octanol–water partition coefficient (Wildman–Crippen LogP) is 2.80. The monoisotopic (exact) mass is 272 g/mol. The zero-order valence-electron chi connectivity index (χ0n) is 12.3. The summed E-state index contributed by atoms with van der Waals surface area (Å²) in [6, 6.07) is 7.74. The molecule has 3 rings (SSSR count). The van der Waals surface area contributed by atoms with Gasteiger partial charge in [0, 0.05) is 25.2 Å². The van der Waals surface area contributed by atoms with E-state index < -0.39 is 0 Å². The minimum Gasteiger partial charge on any atom is -0.338 e. The van der Waals surface area contributed by atoms with Gasteiger partial charge in [0.15, 0.2) is 0 Å². The van der Waals surface area contributed by atoms with E-state index in [9.17, 15) is 4.79 Å². The summed E-state index contributed by atoms with van der Waals surface area (Å²) in [4.78, 5) is 14.7. The fourth-order valence-electron chi connectivity index (χ4n) is 3.69. The standard InChI is InChI=1S/C17H24N2O/c1-13-7-10-19(12-17(13)8-2-9-17)16(20)15-5-3-14(11-18)4-6-15/h3-6,13H,2,7-12,18H2,1H3. The summed E-state index contributed by atoms with van der Waals surface area (Å²) in [6.45, 7) is 4.74. The van der Waals surface area contributed by atoms with Crippen molar-refractivity contribution in [1.29, 1.82) is 0 Å². The third-order valence-corrected chi connectivity index (χ3v) is 5.46. The van der Waals surface area contributed by atoms with Crippen molar-refractivity contribution < 1.29 is 4.79 Å². The molecule has 1 saturated carbocycles. The van der Waals surface area contributed by atoms with Crippen LogP contribution in [-0.2, 0) is 6.54 Å². The average molecular weight is 272 g/mol. The molecule has 1 aromatic carbocycles. The fourth-order valence-corrected chi connectivity index (χ4v) is 3.69. The van der Waals surface area contributed by atoms with Crippen LogP contribution in [0.25, 0.3) is 0 Å². The second-order valence-electron chi connectivity index (χ2n) is 6.53. The lowest BCUT2D eigenvalue weighted by Gasteiger charge is -2.53. The molecule has 2 N–H and O–H groups in total. The molecule has 1 atom stereocenters. The Morgan fingerprint density at radius 3 is 2.60 bits per heavy atom. The molecule has 0 aromatic heterocycles. The first kappa shape index (κ1) is 13.6. The smallest absolute Gasteiger partial charge is 0.253 e. The average Bonchev–Trinajstić information content (AvgIpc) is 2.45. The van der Waals surface area contributed by atoms with Crippen LogP contribution in [-0.4, -0.2) is 23.9 Å². The van der Waals surface area contributed by atoms with Gasteiger partial charge in [0.1, 0.15) is 0 Å². The maximum absolute atomic E-state index is 12.6. The second kappa shape index (κ2) is 5.21. The van der Waals surface area contributed by atoms with Crippen LogP contribution in [0, 0.1) is 11.3 Å². The molecule has 2 aliphatic rings. The molecule has 0 bridgehead atoms. The summed E-state index contributed by atoms with van der Waals surface area (Å²) in [7, 11) is 0. The van der Waals surface area contributed by atoms with E-state index in [1.165, 1.54) is 19.3 Å². The van der Waals surface area contributed by atoms with Gasteiger partial charge in [-0.2, -0.15) is 0 Å². The molecular weight excluding hydrogens is 248 g/mol. The highest BCUT2D eigenvalue weighted by Gasteiger charge is 2.46. The molecule has 3 heteroatoms. The number of hydrogen-bond acceptors (Lipinski definition) is 2. The van der Waals surface area contributed by atoms with Crippen molar-refractivity contribution in [1.82, 2.24) is 4.90 Å². The summed E-state index contributed by atoms with van der Waals surface area (Å²) in [5, 5.41) is 0. The molecule has 2 fully saturated rings. The largest absolute Gasteiger partial charge is 0.338 e. The van der Waals surface area contributed by atoms with Crippen LogP contribution in [0.4, 0.5) is 0 Å². The Morgan fingerprint density at radius 2 is 2.05 bits per heavy atom. The normalized spacial score (nSPS) is 24.5. The number of nitrogens with zero attached hydrogens (tertiary/aromatic N) is 1. The third kappa shape index (κ3) is 2.24. The Morgan fingerprint density at radius 1 is 1.35 bits per heavy atom. The quantitative estimate of drug-likeness (QED) is 0.900. The maximum Gasteiger partial charge on any atom is 0.253 e. The molecule has 1 spiro atoms. The van der Waals surface area contributed by atoms with Gasteiger partial charge < -0.3 is 10.6 Å². The summed E-state index contributed by atoms with van der Waals surface area (Å²) >= 11 is 0. The molecular formula is C17H24N2O. The Bertz CT molecular complexity index is 490. The summed E-state index contributed by atoms with van der Waals surface area (Å²) in [5.41, 5.74) is 7.89. The minimum atomic E-state index is 0.187. The first-order chi connectivity index (χ1) is 9.64. The number of carbonyl (C=O) groups is 1. The van der Waals surface area contributed by atoms with Crippen molar-refractivity contribution in [3.05, 3.63) is 35.4 Å². The van der Waals surface area contributed by atoms with Crippen LogP contribution in [0.1, 0.15) is 48.5 Å². The first-order valence-corrected chi connectivity index (χ1v) is 7.73. The van der Waals surface area contributed by atoms with Crippen molar-refractivity contribution in [2.75, 3.05) is 13.1 Å². The molecule has 0 radical (unpaired) electrons. The van der Waals surface area contributed by atoms with Crippen molar-refractivity contribution in [3.63, 3.8) is 0 Å². The van der Waals surface area contributed by atoms with Crippen LogP contribution >= 0.6 is 0 Å². The van der Waals surface area contributed by atoms with E-state index in [1.54, 1.807) is 0 Å². The zero-order valence-corrected chi connectivity index (χ0v) is 12.3. The van der Waals surface area contributed by atoms with Gasteiger partial charge in [0.05, 0.1) is 0 Å². The van der Waals surface area contributed by atoms with Gasteiger partial charge in [-0.05, 0) is 48.3 Å². The number of benzene rings is 1. The second-order valence-corrected chi connectivity index (χ2v) is 6.53. The van der Waals surface area contributed by atoms with Crippen molar-refractivity contribution in [3.8, 4) is 0 Å². The van der Waals surface area contributed by atoms with Crippen molar-refractivity contribution in [2.24, 2.45) is 17.1 Å². The SMILES string of the molecule is CC1CCN(C(=O)c2ccc(CN)cc2)CC12CCC2. The lowest BCUT2D eigenvalue weighted by Crippen LogP contribution is -2.53. The van der Waals surface area contributed by atoms with E-state index in [1.807, 2.05) is 24.3 Å². The fraction of sp³-hybridized carbons (Fsp3) is 0.588. The van der Waals surface area contributed by atoms with Gasteiger partial charge in [0.2, 0.25) is 0 Å². The predicted molar refractivity (Wildman–Crippen MR) is 80.3 cm³/mol. The van der Waals surface area contributed by atoms with Gasteiger partial charge in [0.25, 0.3) is 5.91 Å². The van der Waals surface area contributed by atoms with Gasteiger partial charge in [-0.1, -0.05) is 25.5 Å². The minimum absolute atomic E-state index is 0.187. The van der Waals surface area contributed by atoms with Crippen molar-refractivity contribution >= 4 is 5.91 Å². The van der Waals surface area contributed by atoms with Crippen LogP contribution in [0.2, 0.25) is 0 Å². The molecule has 3 nitrogen and oxygen atoms in total. The summed E-state index contributed by atoms with van der Waals surface area (Å²) in [6.07, 6.45) is 5.07. The van der Waals surface area contributed by atoms with E-state index >= 15 is 0 Å². The molecule has 1 amide bonds. The van der Waals surface area contributed by atoms with Gasteiger partial charge in [-0.25, -0.2) is 0 Å². The Kier molecular flexibility index (Phi) is 3.55. The third-order valence-electron chi connectivity index (χ3n) is 5.46. The van der Waals surface area contributed by atoms with Crippen LogP contribution in [0.3, 0.4) is 0 Å².